The molecule has 4 N–H and O–H groups in total. The van der Waals surface area contributed by atoms with E-state index in [2.05, 4.69) is 15.8 Å². The highest BCUT2D eigenvalue weighted by atomic mass is 16.5. The molecule has 0 fully saturated rings. The summed E-state index contributed by atoms with van der Waals surface area (Å²) in [6.07, 6.45) is 1.39. The van der Waals surface area contributed by atoms with E-state index >= 15 is 0 Å². The van der Waals surface area contributed by atoms with Gasteiger partial charge in [-0.25, -0.2) is 5.43 Å². The topological polar surface area (TPSA) is 132 Å². The van der Waals surface area contributed by atoms with Crippen molar-refractivity contribution >= 4 is 29.6 Å². The van der Waals surface area contributed by atoms with Crippen LogP contribution < -0.4 is 25.9 Å². The Hall–Kier alpha value is -4.66. The van der Waals surface area contributed by atoms with E-state index in [0.717, 1.165) is 5.56 Å². The summed E-state index contributed by atoms with van der Waals surface area (Å²) in [5.74, 6) is -1.34. The van der Waals surface area contributed by atoms with Crippen molar-refractivity contribution in [2.75, 3.05) is 11.9 Å². The van der Waals surface area contributed by atoms with Gasteiger partial charge in [0, 0.05) is 11.3 Å². The number of carbonyl (C=O) groups excluding carboxylic acids is 3. The molecule has 9 heteroatoms. The summed E-state index contributed by atoms with van der Waals surface area (Å²) in [5, 5.41) is 6.24. The van der Waals surface area contributed by atoms with Crippen LogP contribution in [0.15, 0.2) is 71.8 Å². The zero-order chi connectivity index (χ0) is 25.2. The third kappa shape index (κ3) is 7.43. The Labute approximate surface area is 202 Å². The molecule has 0 saturated carbocycles. The molecule has 0 saturated heterocycles. The van der Waals surface area contributed by atoms with Crippen molar-refractivity contribution in [1.82, 2.24) is 5.43 Å². The Kier molecular flexibility index (Phi) is 8.55. The fraction of sp³-hybridized carbons (Fsp3) is 0.154. The second kappa shape index (κ2) is 12.0. The molecule has 9 nitrogen and oxygen atoms in total. The number of aryl methyl sites for hydroxylation is 1. The van der Waals surface area contributed by atoms with Gasteiger partial charge < -0.3 is 20.5 Å². The van der Waals surface area contributed by atoms with Crippen molar-refractivity contribution in [1.29, 1.82) is 0 Å². The number of hydrogen-bond donors (Lipinski definition) is 3. The first-order valence-electron chi connectivity index (χ1n) is 10.8. The van der Waals surface area contributed by atoms with Crippen molar-refractivity contribution in [2.45, 2.75) is 20.5 Å². The van der Waals surface area contributed by atoms with Gasteiger partial charge >= 0.3 is 11.8 Å². The van der Waals surface area contributed by atoms with Gasteiger partial charge in [-0.2, -0.15) is 5.10 Å². The quantitative estimate of drug-likeness (QED) is 0.249. The molecule has 0 aliphatic rings. The number of anilines is 1. The molecule has 35 heavy (non-hydrogen) atoms. The number of nitrogens with two attached hydrogens (primary N) is 1. The summed E-state index contributed by atoms with van der Waals surface area (Å²) in [4.78, 5) is 35.2. The number of benzene rings is 3. The molecule has 0 bridgehead atoms. The van der Waals surface area contributed by atoms with E-state index in [1.54, 1.807) is 18.2 Å². The number of carbonyl (C=O) groups is 3. The van der Waals surface area contributed by atoms with E-state index in [1.165, 1.54) is 36.0 Å². The molecule has 0 heterocycles. The summed E-state index contributed by atoms with van der Waals surface area (Å²) in [6, 6.07) is 19.1. The van der Waals surface area contributed by atoms with Gasteiger partial charge in [0.1, 0.15) is 6.61 Å². The molecule has 3 aromatic rings. The highest BCUT2D eigenvalue weighted by molar-refractivity contribution is 6.39. The maximum absolute atomic E-state index is 12.0. The standard InChI is InChI=1S/C26H26N4O5/c1-3-34-23-14-19(8-13-22(23)35-16-18-6-4-17(2)5-7-18)15-28-30-26(33)25(32)29-21-11-9-20(10-12-21)24(27)31/h4-15H,3,16H2,1-2H3,(H2,27,31)(H,29,32)(H,30,33)/b28-15+. The van der Waals surface area contributed by atoms with Crippen molar-refractivity contribution in [3.05, 3.63) is 89.0 Å². The molecular weight excluding hydrogens is 448 g/mol. The van der Waals surface area contributed by atoms with Crippen LogP contribution in [-0.2, 0) is 16.2 Å². The van der Waals surface area contributed by atoms with Crippen LogP contribution >= 0.6 is 0 Å². The third-order valence-corrected chi connectivity index (χ3v) is 4.80. The van der Waals surface area contributed by atoms with Gasteiger partial charge in [0.2, 0.25) is 5.91 Å². The summed E-state index contributed by atoms with van der Waals surface area (Å²) in [5.41, 5.74) is 10.8. The summed E-state index contributed by atoms with van der Waals surface area (Å²) < 4.78 is 11.6. The van der Waals surface area contributed by atoms with Crippen LogP contribution in [0.5, 0.6) is 11.5 Å². The Bertz CT molecular complexity index is 1220. The average molecular weight is 475 g/mol. The highest BCUT2D eigenvalue weighted by Crippen LogP contribution is 2.29. The minimum Gasteiger partial charge on any atom is -0.490 e. The van der Waals surface area contributed by atoms with Gasteiger partial charge in [-0.1, -0.05) is 29.8 Å². The van der Waals surface area contributed by atoms with Gasteiger partial charge in [-0.3, -0.25) is 14.4 Å². The molecule has 3 aromatic carbocycles. The van der Waals surface area contributed by atoms with E-state index in [4.69, 9.17) is 15.2 Å². The van der Waals surface area contributed by atoms with Gasteiger partial charge in [-0.05, 0) is 67.4 Å². The zero-order valence-electron chi connectivity index (χ0n) is 19.4. The maximum atomic E-state index is 12.0. The van der Waals surface area contributed by atoms with Crippen molar-refractivity contribution in [3.8, 4) is 11.5 Å². The number of hydrogen-bond acceptors (Lipinski definition) is 6. The van der Waals surface area contributed by atoms with Gasteiger partial charge in [0.25, 0.3) is 0 Å². The molecule has 0 aliphatic carbocycles. The largest absolute Gasteiger partial charge is 0.490 e. The lowest BCUT2D eigenvalue weighted by Gasteiger charge is -2.12. The zero-order valence-corrected chi connectivity index (χ0v) is 19.4. The van der Waals surface area contributed by atoms with Crippen LogP contribution in [0.2, 0.25) is 0 Å². The van der Waals surface area contributed by atoms with Gasteiger partial charge in [-0.15, -0.1) is 0 Å². The summed E-state index contributed by atoms with van der Waals surface area (Å²) >= 11 is 0. The normalized spacial score (nSPS) is 10.6. The third-order valence-electron chi connectivity index (χ3n) is 4.80. The van der Waals surface area contributed by atoms with E-state index in [-0.39, 0.29) is 5.56 Å². The Balaban J connectivity index is 1.57. The lowest BCUT2D eigenvalue weighted by atomic mass is 10.2. The number of hydrazone groups is 1. The van der Waals surface area contributed by atoms with Crippen LogP contribution in [0.25, 0.3) is 0 Å². The number of primary amides is 1. The van der Waals surface area contributed by atoms with Gasteiger partial charge in [0.05, 0.1) is 12.8 Å². The number of nitrogens with one attached hydrogen (secondary N) is 2. The van der Waals surface area contributed by atoms with E-state index < -0.39 is 17.7 Å². The molecule has 3 rings (SSSR count). The minimum absolute atomic E-state index is 0.287. The molecule has 0 unspecified atom stereocenters. The molecule has 0 spiro atoms. The molecular formula is C26H26N4O5. The van der Waals surface area contributed by atoms with E-state index in [9.17, 15) is 14.4 Å². The second-order valence-electron chi connectivity index (χ2n) is 7.51. The first kappa shape index (κ1) is 25.0. The van der Waals surface area contributed by atoms with Crippen molar-refractivity contribution in [2.24, 2.45) is 10.8 Å². The highest BCUT2D eigenvalue weighted by Gasteiger charge is 2.13. The van der Waals surface area contributed by atoms with Crippen molar-refractivity contribution < 1.29 is 23.9 Å². The number of nitrogens with zero attached hydrogens (tertiary/aromatic N) is 1. The monoisotopic (exact) mass is 474 g/mol. The lowest BCUT2D eigenvalue weighted by Crippen LogP contribution is -2.32. The second-order valence-corrected chi connectivity index (χ2v) is 7.51. The Morgan fingerprint density at radius 3 is 2.29 bits per heavy atom. The summed E-state index contributed by atoms with van der Waals surface area (Å²) in [6.45, 7) is 4.73. The van der Waals surface area contributed by atoms with Crippen LogP contribution in [0.1, 0.15) is 34.0 Å². The fourth-order valence-corrected chi connectivity index (χ4v) is 2.96. The fourth-order valence-electron chi connectivity index (χ4n) is 2.96. The molecule has 0 radical (unpaired) electrons. The number of rotatable bonds is 9. The van der Waals surface area contributed by atoms with E-state index in [0.29, 0.717) is 36.0 Å². The first-order chi connectivity index (χ1) is 16.9. The van der Waals surface area contributed by atoms with E-state index in [1.807, 2.05) is 38.1 Å². The predicted molar refractivity (Wildman–Crippen MR) is 132 cm³/mol. The Morgan fingerprint density at radius 2 is 1.63 bits per heavy atom. The van der Waals surface area contributed by atoms with Crippen LogP contribution in [-0.4, -0.2) is 30.5 Å². The minimum atomic E-state index is -0.955. The smallest absolute Gasteiger partial charge is 0.329 e. The van der Waals surface area contributed by atoms with Crippen LogP contribution in [0.4, 0.5) is 5.69 Å². The molecule has 180 valence electrons. The molecule has 3 amide bonds. The maximum Gasteiger partial charge on any atom is 0.329 e. The SMILES string of the molecule is CCOc1cc(/C=N/NC(=O)C(=O)Nc2ccc(C(N)=O)cc2)ccc1OCc1ccc(C)cc1. The first-order valence-corrected chi connectivity index (χ1v) is 10.8. The van der Waals surface area contributed by atoms with Crippen LogP contribution in [0.3, 0.4) is 0 Å². The lowest BCUT2D eigenvalue weighted by molar-refractivity contribution is -0.136. The van der Waals surface area contributed by atoms with Crippen molar-refractivity contribution in [3.63, 3.8) is 0 Å². The average Bonchev–Trinajstić information content (AvgIpc) is 2.85. The molecule has 0 atom stereocenters. The Morgan fingerprint density at radius 1 is 0.914 bits per heavy atom. The predicted octanol–water partition coefficient (Wildman–Crippen LogP) is 3.16. The summed E-state index contributed by atoms with van der Waals surface area (Å²) in [7, 11) is 0. The molecule has 0 aliphatic heterocycles. The number of amides is 3. The van der Waals surface area contributed by atoms with Crippen LogP contribution in [0, 0.1) is 6.92 Å². The number of ether oxygens (including phenoxy) is 2. The van der Waals surface area contributed by atoms with Gasteiger partial charge in [0.15, 0.2) is 11.5 Å². The molecule has 0 aromatic heterocycles.